The molecule has 0 spiro atoms. The van der Waals surface area contributed by atoms with Gasteiger partial charge in [-0.3, -0.25) is 4.90 Å². The topological polar surface area (TPSA) is 3.24 Å². The van der Waals surface area contributed by atoms with Gasteiger partial charge in [0.25, 0.3) is 0 Å². The van der Waals surface area contributed by atoms with Crippen molar-refractivity contribution in [1.82, 2.24) is 4.90 Å². The molecule has 24 heavy (non-hydrogen) atoms. The first-order chi connectivity index (χ1) is 11.7. The summed E-state index contributed by atoms with van der Waals surface area (Å²) >= 11 is 1.71. The molecule has 1 fully saturated rings. The van der Waals surface area contributed by atoms with Crippen molar-refractivity contribution in [2.75, 3.05) is 19.5 Å². The predicted octanol–water partition coefficient (Wildman–Crippen LogP) is 5.17. The standard InChI is InChI=1S/C20H21F2NS/c1-24-15-8-5-13(6-9-15)17-12-23-14(11-21)7-10-19(23)20-16(17)3-2-4-18(20)22/h2-6,8-9,14,17,19H,7,10-12H2,1H3/t14?,17-,19+/m0/s1/i21-1,22-1. The molecule has 2 aliphatic rings. The van der Waals surface area contributed by atoms with Gasteiger partial charge in [-0.15, -0.1) is 11.8 Å². The van der Waals surface area contributed by atoms with Crippen molar-refractivity contribution >= 4 is 11.8 Å². The summed E-state index contributed by atoms with van der Waals surface area (Å²) in [5.74, 6) is -0.0394. The Kier molecular flexibility index (Phi) is 4.35. The first-order valence-electron chi connectivity index (χ1n) is 8.47. The maximum atomic E-state index is 14.6. The highest BCUT2D eigenvalue weighted by atomic mass is 32.2. The summed E-state index contributed by atoms with van der Waals surface area (Å²) in [5, 5.41) is 0. The van der Waals surface area contributed by atoms with Gasteiger partial charge in [-0.05, 0) is 48.4 Å². The highest BCUT2D eigenvalue weighted by Gasteiger charge is 2.42. The molecule has 4 rings (SSSR count). The van der Waals surface area contributed by atoms with E-state index in [1.54, 1.807) is 23.9 Å². The van der Waals surface area contributed by atoms with Gasteiger partial charge in [0.1, 0.15) is 12.5 Å². The van der Waals surface area contributed by atoms with Crippen LogP contribution in [0.3, 0.4) is 0 Å². The molecule has 0 radical (unpaired) electrons. The lowest BCUT2D eigenvalue weighted by atomic mass is 9.81. The van der Waals surface area contributed by atoms with Gasteiger partial charge in [-0.25, -0.2) is 8.78 Å². The van der Waals surface area contributed by atoms with Crippen LogP contribution in [0.25, 0.3) is 0 Å². The molecule has 2 aliphatic heterocycles. The van der Waals surface area contributed by atoms with Gasteiger partial charge < -0.3 is 0 Å². The summed E-state index contributed by atoms with van der Waals surface area (Å²) < 4.78 is 28.1. The molecule has 1 nitrogen and oxygen atoms in total. The summed E-state index contributed by atoms with van der Waals surface area (Å²) in [6.45, 7) is 0.423. The Labute approximate surface area is 146 Å². The van der Waals surface area contributed by atoms with E-state index in [4.69, 9.17) is 0 Å². The van der Waals surface area contributed by atoms with Crippen LogP contribution in [-0.4, -0.2) is 30.4 Å². The van der Waals surface area contributed by atoms with Crippen molar-refractivity contribution in [2.24, 2.45) is 0 Å². The van der Waals surface area contributed by atoms with E-state index in [0.29, 0.717) is 0 Å². The first kappa shape index (κ1) is 16.1. The molecule has 2 aromatic carbocycles. The van der Waals surface area contributed by atoms with E-state index in [1.807, 2.05) is 6.07 Å². The van der Waals surface area contributed by atoms with E-state index in [0.717, 1.165) is 30.5 Å². The van der Waals surface area contributed by atoms with E-state index in [2.05, 4.69) is 35.4 Å². The molecule has 3 atom stereocenters. The van der Waals surface area contributed by atoms with Crippen molar-refractivity contribution in [1.29, 1.82) is 0 Å². The summed E-state index contributed by atoms with van der Waals surface area (Å²) in [7, 11) is 0. The van der Waals surface area contributed by atoms with E-state index >= 15 is 0 Å². The van der Waals surface area contributed by atoms with Crippen molar-refractivity contribution < 1.29 is 8.78 Å². The highest BCUT2D eigenvalue weighted by molar-refractivity contribution is 7.98. The molecule has 1 saturated heterocycles. The summed E-state index contributed by atoms with van der Waals surface area (Å²) in [5.41, 5.74) is 3.05. The molecule has 0 saturated carbocycles. The zero-order valence-corrected chi connectivity index (χ0v) is 14.5. The quantitative estimate of drug-likeness (QED) is 0.708. The molecule has 2 heterocycles. The molecule has 1 unspecified atom stereocenters. The van der Waals surface area contributed by atoms with Crippen LogP contribution in [0.15, 0.2) is 47.4 Å². The number of hydrogen-bond donors (Lipinski definition) is 0. The second-order valence-corrected chi connectivity index (χ2v) is 7.55. The van der Waals surface area contributed by atoms with Crippen molar-refractivity contribution in [3.05, 3.63) is 65.0 Å². The normalized spacial score (nSPS) is 26.2. The van der Waals surface area contributed by atoms with Crippen molar-refractivity contribution in [2.45, 2.75) is 35.7 Å². The number of alkyl halides is 1. The highest BCUT2D eigenvalue weighted by Crippen LogP contribution is 2.47. The SMILES string of the molecule is CSc1ccc([C@@H]2CN3C(C[18F])CC[C@@H]3c3c([18F])cccc32)cc1. The molecule has 0 aromatic heterocycles. The van der Waals surface area contributed by atoms with E-state index < -0.39 is 0 Å². The third-order valence-corrected chi connectivity index (χ3v) is 6.27. The monoisotopic (exact) mass is 343 g/mol. The van der Waals surface area contributed by atoms with E-state index in [9.17, 15) is 8.78 Å². The van der Waals surface area contributed by atoms with Crippen LogP contribution < -0.4 is 0 Å². The average Bonchev–Trinajstić information content (AvgIpc) is 3.04. The van der Waals surface area contributed by atoms with Gasteiger partial charge in [-0.1, -0.05) is 24.3 Å². The number of fused-ring (bicyclic) bond motifs is 3. The van der Waals surface area contributed by atoms with Gasteiger partial charge in [0.15, 0.2) is 0 Å². The van der Waals surface area contributed by atoms with Crippen LogP contribution in [0.1, 0.15) is 41.5 Å². The minimum Gasteiger partial charge on any atom is -0.290 e. The lowest BCUT2D eigenvalue weighted by Crippen LogP contribution is -2.41. The Balaban J connectivity index is 1.80. The average molecular weight is 343 g/mol. The van der Waals surface area contributed by atoms with Crippen LogP contribution >= 0.6 is 11.8 Å². The molecule has 4 heteroatoms. The van der Waals surface area contributed by atoms with Crippen LogP contribution in [0, 0.1) is 5.82 Å². The fraction of sp³-hybridized carbons (Fsp3) is 0.400. The lowest BCUT2D eigenvalue weighted by Gasteiger charge is -2.40. The molecule has 0 amide bonds. The number of benzene rings is 2. The van der Waals surface area contributed by atoms with Gasteiger partial charge in [0.05, 0.1) is 0 Å². The van der Waals surface area contributed by atoms with Gasteiger partial charge in [0.2, 0.25) is 0 Å². The zero-order valence-electron chi connectivity index (χ0n) is 13.7. The van der Waals surface area contributed by atoms with E-state index in [1.165, 1.54) is 10.5 Å². The van der Waals surface area contributed by atoms with E-state index in [-0.39, 0.29) is 30.5 Å². The second-order valence-electron chi connectivity index (χ2n) is 6.67. The first-order valence-corrected chi connectivity index (χ1v) is 9.69. The molecule has 0 aliphatic carbocycles. The molecule has 126 valence electrons. The largest absolute Gasteiger partial charge is 0.290 e. The van der Waals surface area contributed by atoms with Crippen molar-refractivity contribution in [3.8, 4) is 0 Å². The minimum atomic E-state index is -0.349. The third-order valence-electron chi connectivity index (χ3n) is 5.53. The Morgan fingerprint density at radius 3 is 2.62 bits per heavy atom. The number of halogens is 2. The van der Waals surface area contributed by atoms with Crippen molar-refractivity contribution in [3.63, 3.8) is 0 Å². The fourth-order valence-electron chi connectivity index (χ4n) is 4.33. The number of nitrogens with zero attached hydrogens (tertiary/aromatic N) is 1. The zero-order chi connectivity index (χ0) is 16.7. The Hall–Kier alpha value is -1.39. The molecule has 0 N–H and O–H groups in total. The van der Waals surface area contributed by atoms with Crippen LogP contribution in [0.2, 0.25) is 0 Å². The Bertz CT molecular complexity index is 731. The Morgan fingerprint density at radius 1 is 1.12 bits per heavy atom. The fourth-order valence-corrected chi connectivity index (χ4v) is 4.74. The molecule has 0 bridgehead atoms. The maximum absolute atomic E-state index is 14.6. The number of thioether (sulfide) groups is 1. The van der Waals surface area contributed by atoms with Crippen LogP contribution in [-0.2, 0) is 0 Å². The predicted molar refractivity (Wildman–Crippen MR) is 94.9 cm³/mol. The third kappa shape index (κ3) is 2.56. The molecular weight excluding hydrogens is 322 g/mol. The minimum absolute atomic E-state index is 0.0312. The summed E-state index contributed by atoms with van der Waals surface area (Å²) in [6.07, 6.45) is 3.72. The van der Waals surface area contributed by atoms with Crippen LogP contribution in [0.4, 0.5) is 8.78 Å². The van der Waals surface area contributed by atoms with Gasteiger partial charge in [-0.2, -0.15) is 0 Å². The van der Waals surface area contributed by atoms with Gasteiger partial charge in [0, 0.05) is 35.0 Å². The number of hydrogen-bond acceptors (Lipinski definition) is 2. The van der Waals surface area contributed by atoms with Crippen LogP contribution in [0.5, 0.6) is 0 Å². The number of rotatable bonds is 3. The summed E-state index contributed by atoms with van der Waals surface area (Å²) in [6, 6.07) is 13.8. The lowest BCUT2D eigenvalue weighted by molar-refractivity contribution is 0.147. The van der Waals surface area contributed by atoms with Gasteiger partial charge >= 0.3 is 0 Å². The molecule has 2 aromatic rings. The Morgan fingerprint density at radius 2 is 1.92 bits per heavy atom. The summed E-state index contributed by atoms with van der Waals surface area (Å²) in [4.78, 5) is 3.41. The second kappa shape index (κ2) is 6.49. The smallest absolute Gasteiger partial charge is 0.128 e. The maximum Gasteiger partial charge on any atom is 0.128 e. The molecular formula is C20H21F2NS.